The van der Waals surface area contributed by atoms with Crippen molar-refractivity contribution in [1.29, 1.82) is 0 Å². The molecule has 0 aliphatic rings. The number of nitrogens with zero attached hydrogens (tertiary/aromatic N) is 3. The van der Waals surface area contributed by atoms with E-state index >= 15 is 0 Å². The first-order valence-electron chi connectivity index (χ1n) is 7.69. The Morgan fingerprint density at radius 1 is 1.04 bits per heavy atom. The lowest BCUT2D eigenvalue weighted by atomic mass is 10.1. The standard InChI is InChI=1S/C18H16Cl2N4O2/c1-25-12-4-3-11(16(7-12)26-2)8-22-17-14(9-23-18(20)24-17)13-5-6-21-10-15(13)19/h3-7,9-10H,8H2,1-2H3,(H,22,23,24). The molecule has 0 amide bonds. The Hall–Kier alpha value is -2.57. The van der Waals surface area contributed by atoms with Crippen molar-refractivity contribution in [3.63, 3.8) is 0 Å². The molecule has 0 saturated heterocycles. The van der Waals surface area contributed by atoms with Gasteiger partial charge in [0.2, 0.25) is 5.28 Å². The maximum Gasteiger partial charge on any atom is 0.224 e. The van der Waals surface area contributed by atoms with E-state index in [2.05, 4.69) is 20.3 Å². The summed E-state index contributed by atoms with van der Waals surface area (Å²) >= 11 is 12.2. The number of rotatable bonds is 6. The summed E-state index contributed by atoms with van der Waals surface area (Å²) in [6.45, 7) is 0.468. The predicted molar refractivity (Wildman–Crippen MR) is 102 cm³/mol. The van der Waals surface area contributed by atoms with Crippen LogP contribution in [-0.2, 0) is 6.54 Å². The zero-order valence-corrected chi connectivity index (χ0v) is 15.7. The zero-order chi connectivity index (χ0) is 18.5. The molecule has 2 aromatic heterocycles. The van der Waals surface area contributed by atoms with E-state index in [1.54, 1.807) is 38.9 Å². The summed E-state index contributed by atoms with van der Waals surface area (Å²) in [6, 6.07) is 7.42. The second-order valence-electron chi connectivity index (χ2n) is 5.29. The second kappa shape index (κ2) is 8.21. The number of halogens is 2. The van der Waals surface area contributed by atoms with Gasteiger partial charge in [-0.25, -0.2) is 9.97 Å². The SMILES string of the molecule is COc1ccc(CNc2nc(Cl)ncc2-c2ccncc2Cl)c(OC)c1. The van der Waals surface area contributed by atoms with Gasteiger partial charge in [-0.3, -0.25) is 4.98 Å². The fourth-order valence-electron chi connectivity index (χ4n) is 2.46. The van der Waals surface area contributed by atoms with Crippen LogP contribution in [-0.4, -0.2) is 29.2 Å². The van der Waals surface area contributed by atoms with Crippen LogP contribution in [0.1, 0.15) is 5.56 Å². The number of ether oxygens (including phenoxy) is 2. The molecule has 134 valence electrons. The van der Waals surface area contributed by atoms with Crippen molar-refractivity contribution in [2.75, 3.05) is 19.5 Å². The molecule has 3 aromatic rings. The molecule has 26 heavy (non-hydrogen) atoms. The average Bonchev–Trinajstić information content (AvgIpc) is 2.67. The van der Waals surface area contributed by atoms with E-state index in [9.17, 15) is 0 Å². The molecule has 0 bridgehead atoms. The number of pyridine rings is 1. The lowest BCUT2D eigenvalue weighted by Gasteiger charge is -2.14. The summed E-state index contributed by atoms with van der Waals surface area (Å²) in [5.74, 6) is 2.00. The third kappa shape index (κ3) is 3.98. The highest BCUT2D eigenvalue weighted by Crippen LogP contribution is 2.32. The lowest BCUT2D eigenvalue weighted by Crippen LogP contribution is -2.06. The van der Waals surface area contributed by atoms with Gasteiger partial charge in [0.05, 0.1) is 19.2 Å². The first kappa shape index (κ1) is 18.2. The maximum absolute atomic E-state index is 6.26. The number of aromatic nitrogens is 3. The predicted octanol–water partition coefficient (Wildman–Crippen LogP) is 4.47. The van der Waals surface area contributed by atoms with Gasteiger partial charge in [0.15, 0.2) is 0 Å². The molecule has 3 rings (SSSR count). The van der Waals surface area contributed by atoms with Crippen LogP contribution in [0.4, 0.5) is 5.82 Å². The van der Waals surface area contributed by atoms with E-state index in [4.69, 9.17) is 32.7 Å². The molecule has 0 spiro atoms. The van der Waals surface area contributed by atoms with Crippen LogP contribution in [0.15, 0.2) is 42.9 Å². The van der Waals surface area contributed by atoms with Crippen molar-refractivity contribution in [3.8, 4) is 22.6 Å². The monoisotopic (exact) mass is 390 g/mol. The van der Waals surface area contributed by atoms with Gasteiger partial charge >= 0.3 is 0 Å². The molecule has 0 aliphatic heterocycles. The van der Waals surface area contributed by atoms with Crippen LogP contribution in [0.25, 0.3) is 11.1 Å². The summed E-state index contributed by atoms with van der Waals surface area (Å²) in [7, 11) is 3.22. The molecule has 0 radical (unpaired) electrons. The van der Waals surface area contributed by atoms with Crippen molar-refractivity contribution in [2.24, 2.45) is 0 Å². The Kier molecular flexibility index (Phi) is 5.75. The smallest absolute Gasteiger partial charge is 0.224 e. The topological polar surface area (TPSA) is 69.2 Å². The van der Waals surface area contributed by atoms with Gasteiger partial charge in [-0.15, -0.1) is 0 Å². The highest BCUT2D eigenvalue weighted by Gasteiger charge is 2.13. The van der Waals surface area contributed by atoms with Crippen LogP contribution >= 0.6 is 23.2 Å². The molecule has 2 heterocycles. The van der Waals surface area contributed by atoms with Crippen LogP contribution < -0.4 is 14.8 Å². The minimum absolute atomic E-state index is 0.142. The molecule has 8 heteroatoms. The van der Waals surface area contributed by atoms with Crippen LogP contribution in [0, 0.1) is 0 Å². The van der Waals surface area contributed by atoms with Gasteiger partial charge in [-0.1, -0.05) is 11.6 Å². The Morgan fingerprint density at radius 3 is 2.62 bits per heavy atom. The van der Waals surface area contributed by atoms with Crippen molar-refractivity contribution in [3.05, 3.63) is 58.7 Å². The van der Waals surface area contributed by atoms with E-state index in [-0.39, 0.29) is 5.28 Å². The number of nitrogens with one attached hydrogen (secondary N) is 1. The van der Waals surface area contributed by atoms with E-state index in [0.29, 0.717) is 23.1 Å². The van der Waals surface area contributed by atoms with Crippen molar-refractivity contribution in [2.45, 2.75) is 6.54 Å². The molecular weight excluding hydrogens is 375 g/mol. The molecule has 6 nitrogen and oxygen atoms in total. The molecular formula is C18H16Cl2N4O2. The molecule has 1 N–H and O–H groups in total. The molecule has 0 aliphatic carbocycles. The van der Waals surface area contributed by atoms with E-state index in [0.717, 1.165) is 22.4 Å². The fourth-order valence-corrected chi connectivity index (χ4v) is 2.82. The van der Waals surface area contributed by atoms with Crippen LogP contribution in [0.5, 0.6) is 11.5 Å². The van der Waals surface area contributed by atoms with E-state index in [1.807, 2.05) is 18.2 Å². The highest BCUT2D eigenvalue weighted by molar-refractivity contribution is 6.33. The average molecular weight is 391 g/mol. The Morgan fingerprint density at radius 2 is 1.88 bits per heavy atom. The van der Waals surface area contributed by atoms with Crippen molar-refractivity contribution < 1.29 is 9.47 Å². The third-order valence-electron chi connectivity index (χ3n) is 3.76. The van der Waals surface area contributed by atoms with Gasteiger partial charge in [0, 0.05) is 47.9 Å². The fraction of sp³-hybridized carbons (Fsp3) is 0.167. The van der Waals surface area contributed by atoms with Gasteiger partial charge < -0.3 is 14.8 Å². The van der Waals surface area contributed by atoms with Gasteiger partial charge in [0.1, 0.15) is 17.3 Å². The van der Waals surface area contributed by atoms with Gasteiger partial charge in [-0.05, 0) is 29.8 Å². The van der Waals surface area contributed by atoms with E-state index < -0.39 is 0 Å². The molecule has 0 unspecified atom stereocenters. The normalized spacial score (nSPS) is 10.5. The number of hydrogen-bond donors (Lipinski definition) is 1. The summed E-state index contributed by atoms with van der Waals surface area (Å²) in [5.41, 5.74) is 2.44. The number of anilines is 1. The third-order valence-corrected chi connectivity index (χ3v) is 4.25. The molecule has 0 atom stereocenters. The van der Waals surface area contributed by atoms with Crippen LogP contribution in [0.2, 0.25) is 10.3 Å². The van der Waals surface area contributed by atoms with E-state index in [1.165, 1.54) is 0 Å². The highest BCUT2D eigenvalue weighted by atomic mass is 35.5. The lowest BCUT2D eigenvalue weighted by molar-refractivity contribution is 0.391. The van der Waals surface area contributed by atoms with Crippen molar-refractivity contribution >= 4 is 29.0 Å². The summed E-state index contributed by atoms with van der Waals surface area (Å²) in [5, 5.41) is 3.92. The van der Waals surface area contributed by atoms with Crippen molar-refractivity contribution in [1.82, 2.24) is 15.0 Å². The minimum atomic E-state index is 0.142. The number of hydrogen-bond acceptors (Lipinski definition) is 6. The largest absolute Gasteiger partial charge is 0.497 e. The second-order valence-corrected chi connectivity index (χ2v) is 6.03. The molecule has 1 aromatic carbocycles. The quantitative estimate of drug-likeness (QED) is 0.625. The Labute approximate surface area is 161 Å². The molecule has 0 fully saturated rings. The number of methoxy groups -OCH3 is 2. The Bertz CT molecular complexity index is 921. The minimum Gasteiger partial charge on any atom is -0.497 e. The van der Waals surface area contributed by atoms with Gasteiger partial charge in [-0.2, -0.15) is 0 Å². The summed E-state index contributed by atoms with van der Waals surface area (Å²) < 4.78 is 10.6. The first-order valence-corrected chi connectivity index (χ1v) is 8.45. The number of benzene rings is 1. The zero-order valence-electron chi connectivity index (χ0n) is 14.2. The summed E-state index contributed by atoms with van der Waals surface area (Å²) in [4.78, 5) is 12.4. The first-order chi connectivity index (χ1) is 12.6. The molecule has 0 saturated carbocycles. The Balaban J connectivity index is 1.91. The van der Waals surface area contributed by atoms with Gasteiger partial charge in [0.25, 0.3) is 0 Å². The van der Waals surface area contributed by atoms with Crippen LogP contribution in [0.3, 0.4) is 0 Å². The maximum atomic E-state index is 6.26. The summed E-state index contributed by atoms with van der Waals surface area (Å²) in [6.07, 6.45) is 4.86.